The van der Waals surface area contributed by atoms with Crippen LogP contribution in [-0.4, -0.2) is 22.6 Å². The Hall–Kier alpha value is -2.05. The maximum Gasteiger partial charge on any atom is 0.241 e. The molecule has 1 atom stereocenters. The molecule has 0 aliphatic heterocycles. The molecule has 1 N–H and O–H groups in total. The molecule has 0 amide bonds. The molecule has 5 nitrogen and oxygen atoms in total. The zero-order valence-corrected chi connectivity index (χ0v) is 13.6. The van der Waals surface area contributed by atoms with Crippen molar-refractivity contribution in [3.63, 3.8) is 0 Å². The molecule has 0 bridgehead atoms. The summed E-state index contributed by atoms with van der Waals surface area (Å²) in [5.41, 5.74) is 0.895. The number of hydrogen-bond acceptors (Lipinski definition) is 4. The van der Waals surface area contributed by atoms with Crippen LogP contribution in [0.5, 0.6) is 11.5 Å². The summed E-state index contributed by atoms with van der Waals surface area (Å²) in [5, 5.41) is 0. The summed E-state index contributed by atoms with van der Waals surface area (Å²) in [5.74, 6) is 0.857. The number of methoxy groups -OCH3 is 2. The first-order valence-corrected chi connectivity index (χ1v) is 8.25. The van der Waals surface area contributed by atoms with Crippen molar-refractivity contribution in [2.45, 2.75) is 17.9 Å². The highest BCUT2D eigenvalue weighted by molar-refractivity contribution is 7.89. The second kappa shape index (κ2) is 6.81. The quantitative estimate of drug-likeness (QED) is 0.888. The first-order chi connectivity index (χ1) is 10.5. The van der Waals surface area contributed by atoms with Gasteiger partial charge in [-0.3, -0.25) is 0 Å². The van der Waals surface area contributed by atoms with E-state index in [0.717, 1.165) is 5.56 Å². The summed E-state index contributed by atoms with van der Waals surface area (Å²) in [6, 6.07) is 13.6. The number of hydrogen-bond donors (Lipinski definition) is 1. The van der Waals surface area contributed by atoms with Gasteiger partial charge >= 0.3 is 0 Å². The molecule has 118 valence electrons. The number of rotatable bonds is 6. The van der Waals surface area contributed by atoms with Crippen LogP contribution in [0.1, 0.15) is 18.5 Å². The van der Waals surface area contributed by atoms with Crippen molar-refractivity contribution in [3.05, 3.63) is 54.1 Å². The van der Waals surface area contributed by atoms with E-state index < -0.39 is 10.0 Å². The minimum Gasteiger partial charge on any atom is -0.493 e. The summed E-state index contributed by atoms with van der Waals surface area (Å²) < 4.78 is 37.9. The largest absolute Gasteiger partial charge is 0.493 e. The van der Waals surface area contributed by atoms with Gasteiger partial charge in [0, 0.05) is 12.1 Å². The Bertz CT molecular complexity index is 729. The predicted octanol–water partition coefficient (Wildman–Crippen LogP) is 2.74. The van der Waals surface area contributed by atoms with Gasteiger partial charge < -0.3 is 9.47 Å². The Kier molecular flexibility index (Phi) is 5.05. The second-order valence-electron chi connectivity index (χ2n) is 4.77. The Balaban J connectivity index is 2.27. The molecule has 2 aromatic carbocycles. The molecule has 0 aromatic heterocycles. The molecule has 2 rings (SSSR count). The molecule has 0 aliphatic rings. The van der Waals surface area contributed by atoms with Crippen molar-refractivity contribution in [2.24, 2.45) is 0 Å². The van der Waals surface area contributed by atoms with E-state index in [-0.39, 0.29) is 10.9 Å². The van der Waals surface area contributed by atoms with Crippen molar-refractivity contribution in [1.82, 2.24) is 4.72 Å². The van der Waals surface area contributed by atoms with E-state index in [4.69, 9.17) is 9.47 Å². The number of ether oxygens (including phenoxy) is 2. The fraction of sp³-hybridized carbons (Fsp3) is 0.250. The van der Waals surface area contributed by atoms with Crippen LogP contribution >= 0.6 is 0 Å². The number of sulfonamides is 1. The van der Waals surface area contributed by atoms with Gasteiger partial charge in [0.15, 0.2) is 11.5 Å². The van der Waals surface area contributed by atoms with E-state index in [1.54, 1.807) is 13.0 Å². The minimum absolute atomic E-state index is 0.132. The smallest absolute Gasteiger partial charge is 0.241 e. The molecule has 2 aromatic rings. The third-order valence-electron chi connectivity index (χ3n) is 3.30. The van der Waals surface area contributed by atoms with Crippen LogP contribution in [0.4, 0.5) is 0 Å². The Morgan fingerprint density at radius 3 is 2.18 bits per heavy atom. The molecule has 0 saturated carbocycles. The standard InChI is InChI=1S/C16H19NO4S/c1-12(13-7-5-4-6-8-13)17-22(18,19)14-9-10-15(20-2)16(11-14)21-3/h4-12,17H,1-3H3/t12-/m1/s1. The SMILES string of the molecule is COc1ccc(S(=O)(=O)N[C@H](C)c2ccccc2)cc1OC. The lowest BCUT2D eigenvalue weighted by Crippen LogP contribution is -2.26. The van der Waals surface area contributed by atoms with Crippen LogP contribution in [0.15, 0.2) is 53.4 Å². The van der Waals surface area contributed by atoms with Crippen LogP contribution in [0.3, 0.4) is 0 Å². The normalized spacial score (nSPS) is 12.7. The van der Waals surface area contributed by atoms with Crippen molar-refractivity contribution >= 4 is 10.0 Å². The summed E-state index contributed by atoms with van der Waals surface area (Å²) in [6.45, 7) is 1.80. The van der Waals surface area contributed by atoms with Crippen molar-refractivity contribution < 1.29 is 17.9 Å². The molecule has 0 saturated heterocycles. The Labute approximate surface area is 130 Å². The summed E-state index contributed by atoms with van der Waals surface area (Å²) in [6.07, 6.45) is 0. The molecule has 0 radical (unpaired) electrons. The lowest BCUT2D eigenvalue weighted by molar-refractivity contribution is 0.354. The maximum atomic E-state index is 12.5. The molecule has 0 spiro atoms. The maximum absolute atomic E-state index is 12.5. The van der Waals surface area contributed by atoms with Gasteiger partial charge in [-0.25, -0.2) is 13.1 Å². The first kappa shape index (κ1) is 16.3. The van der Waals surface area contributed by atoms with Crippen molar-refractivity contribution in [3.8, 4) is 11.5 Å². The highest BCUT2D eigenvalue weighted by Crippen LogP contribution is 2.29. The third-order valence-corrected chi connectivity index (χ3v) is 4.84. The average molecular weight is 321 g/mol. The van der Waals surface area contributed by atoms with Crippen molar-refractivity contribution in [2.75, 3.05) is 14.2 Å². The molecule has 0 fully saturated rings. The molecule has 0 aliphatic carbocycles. The number of nitrogens with one attached hydrogen (secondary N) is 1. The van der Waals surface area contributed by atoms with Gasteiger partial charge in [0.05, 0.1) is 19.1 Å². The zero-order valence-electron chi connectivity index (χ0n) is 12.7. The first-order valence-electron chi connectivity index (χ1n) is 6.77. The monoisotopic (exact) mass is 321 g/mol. The van der Waals surface area contributed by atoms with Crippen LogP contribution in [0.2, 0.25) is 0 Å². The lowest BCUT2D eigenvalue weighted by Gasteiger charge is -2.15. The van der Waals surface area contributed by atoms with E-state index in [9.17, 15) is 8.42 Å². The van der Waals surface area contributed by atoms with E-state index >= 15 is 0 Å². The molecule has 0 heterocycles. The molecule has 22 heavy (non-hydrogen) atoms. The highest BCUT2D eigenvalue weighted by Gasteiger charge is 2.20. The van der Waals surface area contributed by atoms with E-state index in [1.165, 1.54) is 26.4 Å². The van der Waals surface area contributed by atoms with Gasteiger partial charge in [-0.15, -0.1) is 0 Å². The average Bonchev–Trinajstić information content (AvgIpc) is 2.54. The summed E-state index contributed by atoms with van der Waals surface area (Å²) in [7, 11) is -0.683. The fourth-order valence-corrected chi connectivity index (χ4v) is 3.34. The summed E-state index contributed by atoms with van der Waals surface area (Å²) in [4.78, 5) is 0.132. The summed E-state index contributed by atoms with van der Waals surface area (Å²) >= 11 is 0. The number of benzene rings is 2. The van der Waals surface area contributed by atoms with E-state index in [2.05, 4.69) is 4.72 Å². The van der Waals surface area contributed by atoms with Gasteiger partial charge in [0.1, 0.15) is 0 Å². The fourth-order valence-electron chi connectivity index (χ4n) is 2.09. The van der Waals surface area contributed by atoms with Gasteiger partial charge in [-0.1, -0.05) is 30.3 Å². The van der Waals surface area contributed by atoms with Gasteiger partial charge in [0.25, 0.3) is 0 Å². The van der Waals surface area contributed by atoms with E-state index in [1.807, 2.05) is 30.3 Å². The molecule has 6 heteroatoms. The Morgan fingerprint density at radius 2 is 1.59 bits per heavy atom. The van der Waals surface area contributed by atoms with E-state index in [0.29, 0.717) is 11.5 Å². The van der Waals surface area contributed by atoms with Crippen LogP contribution in [0.25, 0.3) is 0 Å². The van der Waals surface area contributed by atoms with Crippen LogP contribution in [-0.2, 0) is 10.0 Å². The van der Waals surface area contributed by atoms with Crippen molar-refractivity contribution in [1.29, 1.82) is 0 Å². The Morgan fingerprint density at radius 1 is 0.955 bits per heavy atom. The molecular formula is C16H19NO4S. The molecular weight excluding hydrogens is 302 g/mol. The highest BCUT2D eigenvalue weighted by atomic mass is 32.2. The van der Waals surface area contributed by atoms with Gasteiger partial charge in [0.2, 0.25) is 10.0 Å². The predicted molar refractivity (Wildman–Crippen MR) is 84.7 cm³/mol. The zero-order chi connectivity index (χ0) is 16.2. The van der Waals surface area contributed by atoms with Gasteiger partial charge in [-0.05, 0) is 24.6 Å². The topological polar surface area (TPSA) is 64.6 Å². The van der Waals surface area contributed by atoms with Crippen LogP contribution < -0.4 is 14.2 Å². The third kappa shape index (κ3) is 3.58. The molecule has 0 unspecified atom stereocenters. The minimum atomic E-state index is -3.65. The lowest BCUT2D eigenvalue weighted by atomic mass is 10.1. The van der Waals surface area contributed by atoms with Crippen LogP contribution in [0, 0.1) is 0 Å². The second-order valence-corrected chi connectivity index (χ2v) is 6.48. The van der Waals surface area contributed by atoms with Gasteiger partial charge in [-0.2, -0.15) is 0 Å².